The van der Waals surface area contributed by atoms with E-state index in [4.69, 9.17) is 15.0 Å². The molecule has 0 atom stereocenters. The summed E-state index contributed by atoms with van der Waals surface area (Å²) >= 11 is 0. The fourth-order valence-corrected chi connectivity index (χ4v) is 8.90. The van der Waals surface area contributed by atoms with Gasteiger partial charge in [0.1, 0.15) is 0 Å². The highest BCUT2D eigenvalue weighted by Gasteiger charge is 2.17. The zero-order valence-corrected chi connectivity index (χ0v) is 34.4. The van der Waals surface area contributed by atoms with Gasteiger partial charge in [0, 0.05) is 33.2 Å². The molecule has 0 aliphatic carbocycles. The molecule has 0 spiro atoms. The highest BCUT2D eigenvalue weighted by atomic mass is 15.0. The molecule has 4 nitrogen and oxygen atoms in total. The van der Waals surface area contributed by atoms with Crippen molar-refractivity contribution in [3.63, 3.8) is 0 Å². The molecule has 294 valence electrons. The second-order valence-electron chi connectivity index (χ2n) is 16.0. The lowest BCUT2D eigenvalue weighted by atomic mass is 9.90. The van der Waals surface area contributed by atoms with Gasteiger partial charge in [-0.15, -0.1) is 0 Å². The number of benzene rings is 9. The largest absolute Gasteiger partial charge is 0.309 e. The Morgan fingerprint density at radius 2 is 0.952 bits per heavy atom. The number of hydrogen-bond donors (Lipinski definition) is 0. The third-order valence-electron chi connectivity index (χ3n) is 12.1. The molecule has 0 fully saturated rings. The molecule has 0 unspecified atom stereocenters. The maximum absolute atomic E-state index is 5.02. The van der Waals surface area contributed by atoms with E-state index in [1.807, 2.05) is 60.7 Å². The molecule has 11 rings (SSSR count). The first-order chi connectivity index (χ1) is 30.6. The maximum Gasteiger partial charge on any atom is 0.164 e. The minimum Gasteiger partial charge on any atom is -0.309 e. The average Bonchev–Trinajstić information content (AvgIpc) is 3.68. The normalized spacial score (nSPS) is 11.4. The van der Waals surface area contributed by atoms with Crippen molar-refractivity contribution in [1.82, 2.24) is 19.5 Å². The van der Waals surface area contributed by atoms with Crippen molar-refractivity contribution in [3.05, 3.63) is 229 Å². The Morgan fingerprint density at radius 1 is 0.371 bits per heavy atom. The number of aryl methyl sites for hydroxylation is 3. The molecule has 0 N–H and O–H groups in total. The van der Waals surface area contributed by atoms with Crippen LogP contribution >= 0.6 is 0 Å². The zero-order valence-electron chi connectivity index (χ0n) is 34.4. The van der Waals surface area contributed by atoms with Crippen molar-refractivity contribution in [1.29, 1.82) is 0 Å². The standard InChI is InChI=1S/C58H42N4/c1-39-25-27-45(37-52(39)50-22-12-11-17-42(50)28-26-40-15-5-2-6-16-40)46-32-34-55-53(38-46)51-23-13-14-24-54(51)62(55)49-33-31-41-29-30-47(35-48(41)36-49)58-60-56(43-18-7-3-8-19-43)59-57(61-58)44-20-9-4-10-21-44/h2-25,27,29-38H,26,28H2,1H3. The minimum atomic E-state index is 0.643. The lowest BCUT2D eigenvalue weighted by molar-refractivity contribution is 0.962. The summed E-state index contributed by atoms with van der Waals surface area (Å²) in [7, 11) is 0. The van der Waals surface area contributed by atoms with Gasteiger partial charge in [0.05, 0.1) is 11.0 Å². The quantitative estimate of drug-likeness (QED) is 0.146. The molecular weight excluding hydrogens is 753 g/mol. The molecule has 0 saturated heterocycles. The van der Waals surface area contributed by atoms with Crippen molar-refractivity contribution in [2.24, 2.45) is 0 Å². The van der Waals surface area contributed by atoms with E-state index in [0.29, 0.717) is 17.5 Å². The van der Waals surface area contributed by atoms with E-state index in [2.05, 4.69) is 163 Å². The lowest BCUT2D eigenvalue weighted by Crippen LogP contribution is -2.00. The van der Waals surface area contributed by atoms with E-state index in [1.54, 1.807) is 0 Å². The van der Waals surface area contributed by atoms with Gasteiger partial charge in [0.2, 0.25) is 0 Å². The van der Waals surface area contributed by atoms with Gasteiger partial charge in [-0.1, -0.05) is 170 Å². The van der Waals surface area contributed by atoms with Gasteiger partial charge in [0.25, 0.3) is 0 Å². The lowest BCUT2D eigenvalue weighted by Gasteiger charge is -2.15. The van der Waals surface area contributed by atoms with E-state index >= 15 is 0 Å². The third kappa shape index (κ3) is 7.02. The van der Waals surface area contributed by atoms with Crippen LogP contribution in [0.5, 0.6) is 0 Å². The van der Waals surface area contributed by atoms with Crippen LogP contribution in [0.25, 0.3) is 94.7 Å². The monoisotopic (exact) mass is 794 g/mol. The van der Waals surface area contributed by atoms with E-state index < -0.39 is 0 Å². The van der Waals surface area contributed by atoms with Gasteiger partial charge in [0.15, 0.2) is 17.5 Å². The second kappa shape index (κ2) is 15.9. The summed E-state index contributed by atoms with van der Waals surface area (Å²) in [6, 6.07) is 75.8. The van der Waals surface area contributed by atoms with Crippen LogP contribution in [0.3, 0.4) is 0 Å². The van der Waals surface area contributed by atoms with E-state index in [9.17, 15) is 0 Å². The van der Waals surface area contributed by atoms with E-state index in [1.165, 1.54) is 60.8 Å². The summed E-state index contributed by atoms with van der Waals surface area (Å²) in [5.74, 6) is 1.95. The van der Waals surface area contributed by atoms with Crippen LogP contribution in [0.1, 0.15) is 16.7 Å². The van der Waals surface area contributed by atoms with Gasteiger partial charge >= 0.3 is 0 Å². The Hall–Kier alpha value is -7.95. The molecular formula is C58H42N4. The van der Waals surface area contributed by atoms with Gasteiger partial charge in [-0.2, -0.15) is 0 Å². The van der Waals surface area contributed by atoms with E-state index in [-0.39, 0.29) is 0 Å². The van der Waals surface area contributed by atoms with Crippen molar-refractivity contribution >= 4 is 32.6 Å². The number of nitrogens with zero attached hydrogens (tertiary/aromatic N) is 4. The van der Waals surface area contributed by atoms with Crippen LogP contribution in [-0.4, -0.2) is 19.5 Å². The number of fused-ring (bicyclic) bond motifs is 4. The predicted octanol–water partition coefficient (Wildman–Crippen LogP) is 14.6. The first-order valence-corrected chi connectivity index (χ1v) is 21.3. The fraction of sp³-hybridized carbons (Fsp3) is 0.0517. The molecule has 0 aliphatic rings. The van der Waals surface area contributed by atoms with Crippen LogP contribution in [0, 0.1) is 6.92 Å². The first-order valence-electron chi connectivity index (χ1n) is 21.3. The van der Waals surface area contributed by atoms with Crippen molar-refractivity contribution in [2.45, 2.75) is 19.8 Å². The number of rotatable bonds is 9. The fourth-order valence-electron chi connectivity index (χ4n) is 8.90. The summed E-state index contributed by atoms with van der Waals surface area (Å²) in [6.07, 6.45) is 2.01. The Bertz CT molecular complexity index is 3350. The van der Waals surface area contributed by atoms with Crippen LogP contribution in [-0.2, 0) is 12.8 Å². The zero-order chi connectivity index (χ0) is 41.4. The molecule has 62 heavy (non-hydrogen) atoms. The molecule has 4 heteroatoms. The summed E-state index contributed by atoms with van der Waals surface area (Å²) in [4.78, 5) is 14.9. The molecule has 9 aromatic carbocycles. The van der Waals surface area contributed by atoms with Crippen LogP contribution < -0.4 is 0 Å². The molecule has 0 aliphatic heterocycles. The SMILES string of the molecule is Cc1ccc(-c2ccc3c(c2)c2ccccc2n3-c2ccc3ccc(-c4nc(-c5ccccc5)nc(-c5ccccc5)n4)cc3c2)cc1-c1ccccc1CCc1ccccc1. The molecule has 0 bridgehead atoms. The molecule has 0 amide bonds. The Labute approximate surface area is 361 Å². The first kappa shape index (κ1) is 37.1. The molecule has 0 radical (unpaired) electrons. The summed E-state index contributed by atoms with van der Waals surface area (Å²) in [6.45, 7) is 2.23. The Kier molecular flexibility index (Phi) is 9.51. The van der Waals surface area contributed by atoms with E-state index in [0.717, 1.165) is 46.0 Å². The predicted molar refractivity (Wildman–Crippen MR) is 257 cm³/mol. The van der Waals surface area contributed by atoms with Gasteiger partial charge in [-0.25, -0.2) is 15.0 Å². The smallest absolute Gasteiger partial charge is 0.164 e. The van der Waals surface area contributed by atoms with Crippen molar-refractivity contribution in [2.75, 3.05) is 0 Å². The molecule has 2 aromatic heterocycles. The summed E-state index contributed by atoms with van der Waals surface area (Å²) in [5.41, 5.74) is 15.3. The van der Waals surface area contributed by atoms with Crippen LogP contribution in [0.15, 0.2) is 212 Å². The van der Waals surface area contributed by atoms with Gasteiger partial charge in [-0.05, 0) is 112 Å². The minimum absolute atomic E-state index is 0.643. The van der Waals surface area contributed by atoms with Crippen molar-refractivity contribution in [3.8, 4) is 62.1 Å². The van der Waals surface area contributed by atoms with Crippen LogP contribution in [0.2, 0.25) is 0 Å². The molecule has 0 saturated carbocycles. The highest BCUT2D eigenvalue weighted by Crippen LogP contribution is 2.38. The topological polar surface area (TPSA) is 43.6 Å². The van der Waals surface area contributed by atoms with Gasteiger partial charge in [-0.3, -0.25) is 0 Å². The number of aromatic nitrogens is 4. The van der Waals surface area contributed by atoms with Gasteiger partial charge < -0.3 is 4.57 Å². The Morgan fingerprint density at radius 3 is 1.71 bits per heavy atom. The second-order valence-corrected chi connectivity index (χ2v) is 16.0. The molecule has 11 aromatic rings. The maximum atomic E-state index is 5.02. The number of hydrogen-bond acceptors (Lipinski definition) is 3. The molecule has 2 heterocycles. The summed E-state index contributed by atoms with van der Waals surface area (Å²) in [5, 5.41) is 4.72. The average molecular weight is 795 g/mol. The number of para-hydroxylation sites is 1. The Balaban J connectivity index is 0.980. The highest BCUT2D eigenvalue weighted by molar-refractivity contribution is 6.10. The summed E-state index contributed by atoms with van der Waals surface area (Å²) < 4.78 is 2.40. The van der Waals surface area contributed by atoms with Crippen molar-refractivity contribution < 1.29 is 0 Å². The third-order valence-corrected chi connectivity index (χ3v) is 12.1. The van der Waals surface area contributed by atoms with Crippen LogP contribution in [0.4, 0.5) is 0 Å².